The van der Waals surface area contributed by atoms with Gasteiger partial charge in [-0.2, -0.15) is 5.10 Å². The zero-order valence-electron chi connectivity index (χ0n) is 9.27. The second-order valence-electron chi connectivity index (χ2n) is 4.01. The lowest BCUT2D eigenvalue weighted by atomic mass is 10.2. The van der Waals surface area contributed by atoms with E-state index in [4.69, 9.17) is 5.73 Å². The highest BCUT2D eigenvalue weighted by molar-refractivity contribution is 5.33. The van der Waals surface area contributed by atoms with E-state index in [-0.39, 0.29) is 0 Å². The van der Waals surface area contributed by atoms with Gasteiger partial charge >= 0.3 is 0 Å². The van der Waals surface area contributed by atoms with E-state index >= 15 is 0 Å². The summed E-state index contributed by atoms with van der Waals surface area (Å²) in [6.07, 6.45) is 2.30. The topological polar surface area (TPSA) is 67.9 Å². The summed E-state index contributed by atoms with van der Waals surface area (Å²) in [4.78, 5) is 6.62. The number of hydrogen-bond donors (Lipinski definition) is 1. The van der Waals surface area contributed by atoms with Gasteiger partial charge in [-0.3, -0.25) is 0 Å². The van der Waals surface area contributed by atoms with Crippen LogP contribution in [0.2, 0.25) is 0 Å². The molecule has 2 N–H and O–H groups in total. The highest BCUT2D eigenvalue weighted by Gasteiger charge is 2.25. The molecule has 1 aromatic rings. The van der Waals surface area contributed by atoms with E-state index in [0.717, 1.165) is 36.7 Å². The van der Waals surface area contributed by atoms with E-state index in [2.05, 4.69) is 20.1 Å². The smallest absolute Gasteiger partial charge is 0.245 e. The Labute approximate surface area is 89.7 Å². The summed E-state index contributed by atoms with van der Waals surface area (Å²) in [5.41, 5.74) is 7.55. The van der Waals surface area contributed by atoms with Gasteiger partial charge in [0, 0.05) is 19.1 Å². The molecule has 2 heterocycles. The average Bonchev–Trinajstić information content (AvgIpc) is 2.70. The van der Waals surface area contributed by atoms with Crippen molar-refractivity contribution < 1.29 is 0 Å². The first kappa shape index (κ1) is 10.3. The van der Waals surface area contributed by atoms with Crippen LogP contribution in [0.3, 0.4) is 0 Å². The Morgan fingerprint density at radius 3 is 2.80 bits per heavy atom. The van der Waals surface area contributed by atoms with Crippen LogP contribution < -0.4 is 10.6 Å². The van der Waals surface area contributed by atoms with Gasteiger partial charge in [0.1, 0.15) is 0 Å². The fourth-order valence-electron chi connectivity index (χ4n) is 1.91. The molecule has 0 bridgehead atoms. The van der Waals surface area contributed by atoms with Gasteiger partial charge in [0.25, 0.3) is 0 Å². The number of rotatable bonds is 2. The largest absolute Gasteiger partial charge is 0.335 e. The van der Waals surface area contributed by atoms with E-state index in [1.165, 1.54) is 0 Å². The van der Waals surface area contributed by atoms with Crippen molar-refractivity contribution in [2.24, 2.45) is 5.73 Å². The first-order chi connectivity index (χ1) is 7.22. The number of nitrogens with two attached hydrogens (primary N) is 1. The first-order valence-corrected chi connectivity index (χ1v) is 5.37. The van der Waals surface area contributed by atoms with Crippen molar-refractivity contribution >= 4 is 5.95 Å². The van der Waals surface area contributed by atoms with Crippen LogP contribution in [0.5, 0.6) is 0 Å². The molecular weight excluding hydrogens is 190 g/mol. The quantitative estimate of drug-likeness (QED) is 0.761. The Balaban J connectivity index is 2.25. The molecular formula is C10H17N5. The number of aromatic nitrogens is 3. The van der Waals surface area contributed by atoms with Crippen LogP contribution in [0, 0.1) is 13.8 Å². The van der Waals surface area contributed by atoms with Gasteiger partial charge < -0.3 is 10.6 Å². The van der Waals surface area contributed by atoms with Gasteiger partial charge in [-0.05, 0) is 26.7 Å². The van der Waals surface area contributed by atoms with Crippen LogP contribution >= 0.6 is 0 Å². The lowest BCUT2D eigenvalue weighted by molar-refractivity contribution is 0.655. The van der Waals surface area contributed by atoms with E-state index in [1.807, 2.05) is 13.8 Å². The van der Waals surface area contributed by atoms with Crippen molar-refractivity contribution in [3.8, 4) is 0 Å². The maximum absolute atomic E-state index is 5.71. The molecule has 1 aromatic heterocycles. The average molecular weight is 207 g/mol. The lowest BCUT2D eigenvalue weighted by Crippen LogP contribution is -2.36. The van der Waals surface area contributed by atoms with Crippen LogP contribution in [0.25, 0.3) is 0 Å². The molecule has 0 radical (unpaired) electrons. The highest BCUT2D eigenvalue weighted by Crippen LogP contribution is 2.21. The Hall–Kier alpha value is -1.23. The molecule has 1 aliphatic heterocycles. The van der Waals surface area contributed by atoms with E-state index in [1.54, 1.807) is 0 Å². The highest BCUT2D eigenvalue weighted by atomic mass is 15.3. The zero-order valence-corrected chi connectivity index (χ0v) is 9.27. The van der Waals surface area contributed by atoms with E-state index in [0.29, 0.717) is 12.6 Å². The number of nitrogens with zero attached hydrogens (tertiary/aromatic N) is 4. The molecule has 2 rings (SSSR count). The third-order valence-corrected chi connectivity index (χ3v) is 2.99. The van der Waals surface area contributed by atoms with Crippen molar-refractivity contribution in [3.63, 3.8) is 0 Å². The summed E-state index contributed by atoms with van der Waals surface area (Å²) in [6.45, 7) is 5.53. The fraction of sp³-hybridized carbons (Fsp3) is 0.700. The molecule has 5 nitrogen and oxygen atoms in total. The molecule has 1 saturated heterocycles. The van der Waals surface area contributed by atoms with Crippen molar-refractivity contribution in [1.82, 2.24) is 15.2 Å². The van der Waals surface area contributed by atoms with Crippen molar-refractivity contribution in [1.29, 1.82) is 0 Å². The van der Waals surface area contributed by atoms with Crippen molar-refractivity contribution in [2.45, 2.75) is 32.7 Å². The zero-order chi connectivity index (χ0) is 10.8. The van der Waals surface area contributed by atoms with Crippen molar-refractivity contribution in [3.05, 3.63) is 11.4 Å². The molecule has 0 aliphatic carbocycles. The van der Waals surface area contributed by atoms with Crippen LogP contribution in [-0.4, -0.2) is 34.3 Å². The molecule has 15 heavy (non-hydrogen) atoms. The predicted molar refractivity (Wildman–Crippen MR) is 58.7 cm³/mol. The van der Waals surface area contributed by atoms with Gasteiger partial charge in [-0.15, -0.1) is 5.10 Å². The van der Waals surface area contributed by atoms with Gasteiger partial charge in [-0.25, -0.2) is 4.98 Å². The standard InChI is InChI=1S/C10H17N5/c1-7-8(2)13-14-10(12-7)15-5-3-4-9(15)6-11/h9H,3-6,11H2,1-2H3. The van der Waals surface area contributed by atoms with Crippen molar-refractivity contribution in [2.75, 3.05) is 18.0 Å². The van der Waals surface area contributed by atoms with E-state index in [9.17, 15) is 0 Å². The first-order valence-electron chi connectivity index (χ1n) is 5.37. The lowest BCUT2D eigenvalue weighted by Gasteiger charge is -2.22. The minimum absolute atomic E-state index is 0.383. The second-order valence-corrected chi connectivity index (χ2v) is 4.01. The second kappa shape index (κ2) is 4.10. The molecule has 0 amide bonds. The van der Waals surface area contributed by atoms with Gasteiger partial charge in [0.2, 0.25) is 5.95 Å². The molecule has 82 valence electrons. The molecule has 0 spiro atoms. The van der Waals surface area contributed by atoms with Gasteiger partial charge in [0.05, 0.1) is 11.4 Å². The van der Waals surface area contributed by atoms with E-state index < -0.39 is 0 Å². The summed E-state index contributed by atoms with van der Waals surface area (Å²) < 4.78 is 0. The molecule has 0 aromatic carbocycles. The summed E-state index contributed by atoms with van der Waals surface area (Å²) in [5.74, 6) is 0.728. The minimum Gasteiger partial charge on any atom is -0.335 e. The minimum atomic E-state index is 0.383. The Kier molecular flexibility index (Phi) is 2.81. The predicted octanol–water partition coefficient (Wildman–Crippen LogP) is 0.416. The number of anilines is 1. The van der Waals surface area contributed by atoms with Crippen LogP contribution in [0.15, 0.2) is 0 Å². The maximum Gasteiger partial charge on any atom is 0.245 e. The molecule has 1 fully saturated rings. The SMILES string of the molecule is Cc1nnc(N2CCCC2CN)nc1C. The third kappa shape index (κ3) is 1.92. The molecule has 0 saturated carbocycles. The maximum atomic E-state index is 5.71. The molecule has 1 atom stereocenters. The van der Waals surface area contributed by atoms with Gasteiger partial charge in [0.15, 0.2) is 0 Å². The van der Waals surface area contributed by atoms with Gasteiger partial charge in [-0.1, -0.05) is 0 Å². The monoisotopic (exact) mass is 207 g/mol. The summed E-state index contributed by atoms with van der Waals surface area (Å²) in [5, 5.41) is 8.23. The molecule has 1 aliphatic rings. The summed E-state index contributed by atoms with van der Waals surface area (Å²) in [6, 6.07) is 0.383. The number of hydrogen-bond acceptors (Lipinski definition) is 5. The summed E-state index contributed by atoms with van der Waals surface area (Å²) in [7, 11) is 0. The Morgan fingerprint density at radius 1 is 1.33 bits per heavy atom. The summed E-state index contributed by atoms with van der Waals surface area (Å²) >= 11 is 0. The van der Waals surface area contributed by atoms with Crippen LogP contribution in [0.1, 0.15) is 24.2 Å². The Morgan fingerprint density at radius 2 is 2.13 bits per heavy atom. The normalized spacial score (nSPS) is 21.0. The number of aryl methyl sites for hydroxylation is 2. The Bertz CT molecular complexity index is 352. The van der Waals surface area contributed by atoms with Crippen LogP contribution in [0.4, 0.5) is 5.95 Å². The molecule has 1 unspecified atom stereocenters. The molecule has 5 heteroatoms. The fourth-order valence-corrected chi connectivity index (χ4v) is 1.91. The third-order valence-electron chi connectivity index (χ3n) is 2.99. The van der Waals surface area contributed by atoms with Crippen LogP contribution in [-0.2, 0) is 0 Å².